The molecule has 5 nitrogen and oxygen atoms in total. The molecule has 1 saturated carbocycles. The number of hydrogen-bond donors (Lipinski definition) is 0. The molecule has 1 aliphatic carbocycles. The summed E-state index contributed by atoms with van der Waals surface area (Å²) in [6.07, 6.45) is 5.49. The fourth-order valence-electron chi connectivity index (χ4n) is 5.21. The minimum absolute atomic E-state index is 0.00867. The lowest BCUT2D eigenvalue weighted by molar-refractivity contribution is -0.135. The molecule has 2 aliphatic heterocycles. The van der Waals surface area contributed by atoms with Crippen molar-refractivity contribution >= 4 is 17.7 Å². The highest BCUT2D eigenvalue weighted by Gasteiger charge is 2.43. The van der Waals surface area contributed by atoms with Crippen LogP contribution in [0.25, 0.3) is 6.08 Å². The van der Waals surface area contributed by atoms with E-state index < -0.39 is 0 Å². The second-order valence-electron chi connectivity index (χ2n) is 9.24. The van der Waals surface area contributed by atoms with E-state index in [0.29, 0.717) is 6.54 Å². The maximum atomic E-state index is 13.5. The Morgan fingerprint density at radius 3 is 2.41 bits per heavy atom. The van der Waals surface area contributed by atoms with Gasteiger partial charge in [0.05, 0.1) is 18.3 Å². The first-order valence-electron chi connectivity index (χ1n) is 11.8. The van der Waals surface area contributed by atoms with E-state index in [4.69, 9.17) is 5.10 Å². The van der Waals surface area contributed by atoms with Crippen LogP contribution in [0.5, 0.6) is 0 Å². The second-order valence-corrected chi connectivity index (χ2v) is 9.24. The Bertz CT molecular complexity index is 993. The minimum Gasteiger partial charge on any atom is -0.304 e. The maximum absolute atomic E-state index is 13.5. The summed E-state index contributed by atoms with van der Waals surface area (Å²) in [4.78, 5) is 18.1. The Balaban J connectivity index is 1.45. The van der Waals surface area contributed by atoms with Gasteiger partial charge in [0, 0.05) is 32.1 Å². The lowest BCUT2D eigenvalue weighted by Gasteiger charge is -2.34. The van der Waals surface area contributed by atoms with Crippen molar-refractivity contribution in [2.75, 3.05) is 39.8 Å². The van der Waals surface area contributed by atoms with Gasteiger partial charge < -0.3 is 4.90 Å². The number of hydrazone groups is 1. The van der Waals surface area contributed by atoms with Crippen LogP contribution in [0.1, 0.15) is 36.4 Å². The van der Waals surface area contributed by atoms with E-state index in [2.05, 4.69) is 71.5 Å². The predicted octanol–water partition coefficient (Wildman–Crippen LogP) is 4.06. The van der Waals surface area contributed by atoms with E-state index in [-0.39, 0.29) is 17.9 Å². The van der Waals surface area contributed by atoms with Gasteiger partial charge in [-0.1, -0.05) is 60.7 Å². The van der Waals surface area contributed by atoms with Gasteiger partial charge in [0.2, 0.25) is 0 Å². The average Bonchev–Trinajstić information content (AvgIpc) is 3.23. The third-order valence-electron chi connectivity index (χ3n) is 6.99. The lowest BCUT2D eigenvalue weighted by atomic mass is 9.77. The van der Waals surface area contributed by atoms with Crippen LogP contribution < -0.4 is 0 Å². The zero-order valence-electron chi connectivity index (χ0n) is 18.9. The molecular weight excluding hydrogens is 396 g/mol. The van der Waals surface area contributed by atoms with Crippen LogP contribution in [0.15, 0.2) is 71.3 Å². The van der Waals surface area contributed by atoms with E-state index in [1.165, 1.54) is 16.7 Å². The van der Waals surface area contributed by atoms with E-state index in [0.717, 1.165) is 51.2 Å². The molecule has 5 rings (SSSR count). The van der Waals surface area contributed by atoms with Gasteiger partial charge >= 0.3 is 0 Å². The molecule has 2 aromatic rings. The van der Waals surface area contributed by atoms with Gasteiger partial charge in [0.15, 0.2) is 0 Å². The number of allylic oxidation sites excluding steroid dienone is 1. The molecule has 0 bridgehead atoms. The number of rotatable bonds is 4. The minimum atomic E-state index is -0.00867. The Morgan fingerprint density at radius 1 is 1.00 bits per heavy atom. The quantitative estimate of drug-likeness (QED) is 0.737. The Hall–Kier alpha value is -2.76. The summed E-state index contributed by atoms with van der Waals surface area (Å²) in [7, 11) is 2.14. The SMILES string of the molecule is CN1CCN(CC(=O)N2N=C3/C(=C/c4ccccc4)CCC[C@H]3[C@H]2c2ccccc2)CC1. The summed E-state index contributed by atoms with van der Waals surface area (Å²) in [6, 6.07) is 20.9. The predicted molar refractivity (Wildman–Crippen MR) is 129 cm³/mol. The summed E-state index contributed by atoms with van der Waals surface area (Å²) >= 11 is 0. The topological polar surface area (TPSA) is 39.1 Å². The normalized spacial score (nSPS) is 25.6. The molecule has 3 aliphatic rings. The second kappa shape index (κ2) is 9.39. The van der Waals surface area contributed by atoms with Gasteiger partial charge in [0.1, 0.15) is 0 Å². The molecule has 2 heterocycles. The molecule has 1 amide bonds. The van der Waals surface area contributed by atoms with E-state index in [1.54, 1.807) is 0 Å². The van der Waals surface area contributed by atoms with Crippen LogP contribution in [-0.4, -0.2) is 66.2 Å². The van der Waals surface area contributed by atoms with Crippen molar-refractivity contribution in [2.45, 2.75) is 25.3 Å². The van der Waals surface area contributed by atoms with E-state index in [9.17, 15) is 4.79 Å². The Morgan fingerprint density at radius 2 is 1.69 bits per heavy atom. The monoisotopic (exact) mass is 428 g/mol. The van der Waals surface area contributed by atoms with Crippen LogP contribution >= 0.6 is 0 Å². The van der Waals surface area contributed by atoms with Crippen LogP contribution in [0, 0.1) is 5.92 Å². The first-order chi connectivity index (χ1) is 15.7. The maximum Gasteiger partial charge on any atom is 0.257 e. The number of fused-ring (bicyclic) bond motifs is 1. The summed E-state index contributed by atoms with van der Waals surface area (Å²) in [6.45, 7) is 4.34. The third-order valence-corrected chi connectivity index (χ3v) is 6.99. The molecule has 0 unspecified atom stereocenters. The first kappa shape index (κ1) is 21.1. The molecule has 0 spiro atoms. The summed E-state index contributed by atoms with van der Waals surface area (Å²) in [5.41, 5.74) is 4.78. The Kier molecular flexibility index (Phi) is 6.19. The van der Waals surface area contributed by atoms with Crippen LogP contribution in [0.3, 0.4) is 0 Å². The molecular formula is C27H32N4O. The van der Waals surface area contributed by atoms with Crippen molar-refractivity contribution in [1.82, 2.24) is 14.8 Å². The molecule has 2 atom stereocenters. The number of likely N-dealkylation sites (N-methyl/N-ethyl adjacent to an activating group) is 1. The molecule has 2 aromatic carbocycles. The van der Waals surface area contributed by atoms with Crippen molar-refractivity contribution in [3.8, 4) is 0 Å². The van der Waals surface area contributed by atoms with Gasteiger partial charge in [-0.15, -0.1) is 0 Å². The van der Waals surface area contributed by atoms with Crippen molar-refractivity contribution in [2.24, 2.45) is 11.0 Å². The van der Waals surface area contributed by atoms with Crippen molar-refractivity contribution in [1.29, 1.82) is 0 Å². The summed E-state index contributed by atoms with van der Waals surface area (Å²) < 4.78 is 0. The van der Waals surface area contributed by atoms with Crippen LogP contribution in [0.4, 0.5) is 0 Å². The van der Waals surface area contributed by atoms with Gasteiger partial charge in [-0.05, 0) is 49.1 Å². The largest absolute Gasteiger partial charge is 0.304 e. The standard InChI is InChI=1S/C27H32N4O/c1-29-15-17-30(18-16-29)20-25(32)31-27(22-11-6-3-7-12-22)24-14-8-13-23(26(24)28-31)19-21-9-4-2-5-10-21/h2-7,9-12,19,24,27H,8,13-18,20H2,1H3/b23-19+/t24-,27-/m1/s1. The molecule has 2 fully saturated rings. The molecule has 0 N–H and O–H groups in total. The number of carbonyl (C=O) groups is 1. The van der Waals surface area contributed by atoms with Crippen LogP contribution in [0.2, 0.25) is 0 Å². The van der Waals surface area contributed by atoms with Gasteiger partial charge in [-0.3, -0.25) is 9.69 Å². The number of piperazine rings is 1. The van der Waals surface area contributed by atoms with Crippen molar-refractivity contribution in [3.63, 3.8) is 0 Å². The zero-order valence-corrected chi connectivity index (χ0v) is 18.9. The molecule has 166 valence electrons. The number of nitrogens with zero attached hydrogens (tertiary/aromatic N) is 4. The number of benzene rings is 2. The highest BCUT2D eigenvalue weighted by molar-refractivity contribution is 6.08. The Labute approximate surface area is 191 Å². The molecule has 0 aromatic heterocycles. The average molecular weight is 429 g/mol. The number of carbonyl (C=O) groups excluding carboxylic acids is 1. The zero-order chi connectivity index (χ0) is 21.9. The molecule has 1 saturated heterocycles. The smallest absolute Gasteiger partial charge is 0.257 e. The van der Waals surface area contributed by atoms with Gasteiger partial charge in [-0.2, -0.15) is 5.10 Å². The fraction of sp³-hybridized carbons (Fsp3) is 0.407. The highest BCUT2D eigenvalue weighted by atomic mass is 16.2. The fourth-order valence-corrected chi connectivity index (χ4v) is 5.21. The summed E-state index contributed by atoms with van der Waals surface area (Å²) in [5.74, 6) is 0.377. The summed E-state index contributed by atoms with van der Waals surface area (Å²) in [5, 5.41) is 6.84. The van der Waals surface area contributed by atoms with Crippen molar-refractivity contribution in [3.05, 3.63) is 77.4 Å². The van der Waals surface area contributed by atoms with Crippen molar-refractivity contribution < 1.29 is 4.79 Å². The molecule has 5 heteroatoms. The molecule has 32 heavy (non-hydrogen) atoms. The first-order valence-corrected chi connectivity index (χ1v) is 11.8. The third kappa shape index (κ3) is 4.41. The van der Waals surface area contributed by atoms with E-state index >= 15 is 0 Å². The lowest BCUT2D eigenvalue weighted by Crippen LogP contribution is -2.48. The number of hydrogen-bond acceptors (Lipinski definition) is 4. The van der Waals surface area contributed by atoms with E-state index in [1.807, 2.05) is 17.1 Å². The van der Waals surface area contributed by atoms with Crippen LogP contribution in [-0.2, 0) is 4.79 Å². The highest BCUT2D eigenvalue weighted by Crippen LogP contribution is 2.44. The van der Waals surface area contributed by atoms with Gasteiger partial charge in [0.25, 0.3) is 5.91 Å². The molecule has 0 radical (unpaired) electrons. The van der Waals surface area contributed by atoms with Gasteiger partial charge in [-0.25, -0.2) is 5.01 Å². The number of amides is 1.